The van der Waals surface area contributed by atoms with Crippen LogP contribution in [0.3, 0.4) is 0 Å². The second kappa shape index (κ2) is 26.0. The number of carbonyl (C=O) groups excluding carboxylic acids is 8. The van der Waals surface area contributed by atoms with Crippen molar-refractivity contribution in [1.29, 1.82) is 0 Å². The van der Waals surface area contributed by atoms with E-state index >= 15 is 0 Å². The number of nitrogens with zero attached hydrogens (tertiary/aromatic N) is 5. The summed E-state index contributed by atoms with van der Waals surface area (Å²) >= 11 is 0. The fourth-order valence-electron chi connectivity index (χ4n) is 6.23. The zero-order chi connectivity index (χ0) is 45.9. The molecule has 0 aliphatic carbocycles. The van der Waals surface area contributed by atoms with Crippen molar-refractivity contribution in [3.05, 3.63) is 12.2 Å². The molecule has 3 N–H and O–H groups in total. The molecule has 0 aromatic carbocycles. The summed E-state index contributed by atoms with van der Waals surface area (Å²) in [6.45, 7) is 17.0. The van der Waals surface area contributed by atoms with Gasteiger partial charge >= 0.3 is 0 Å². The van der Waals surface area contributed by atoms with Gasteiger partial charge in [0.25, 0.3) is 0 Å². The first-order valence-corrected chi connectivity index (χ1v) is 20.8. The second-order valence-corrected chi connectivity index (χ2v) is 17.9. The van der Waals surface area contributed by atoms with Gasteiger partial charge in [-0.15, -0.1) is 0 Å². The number of allylic oxidation sites excluding steroid dienone is 2. The Kier molecular flexibility index (Phi) is 24.1. The molecule has 0 aliphatic heterocycles. The Morgan fingerprint density at radius 2 is 1.20 bits per heavy atom. The molecule has 0 heterocycles. The van der Waals surface area contributed by atoms with Crippen LogP contribution in [0.25, 0.3) is 0 Å². The largest absolute Gasteiger partial charge is 0.390 e. The molecule has 5 atom stereocenters. The monoisotopic (exact) mass is 836 g/mol. The molecule has 0 rings (SSSR count). The van der Waals surface area contributed by atoms with Gasteiger partial charge in [-0.05, 0) is 70.1 Å². The summed E-state index contributed by atoms with van der Waals surface area (Å²) in [6, 6.07) is -3.73. The van der Waals surface area contributed by atoms with E-state index in [2.05, 4.69) is 10.6 Å². The van der Waals surface area contributed by atoms with Crippen molar-refractivity contribution < 1.29 is 43.5 Å². The summed E-state index contributed by atoms with van der Waals surface area (Å²) in [5, 5.41) is 15.7. The predicted molar refractivity (Wildman–Crippen MR) is 228 cm³/mol. The van der Waals surface area contributed by atoms with E-state index in [1.165, 1.54) is 56.7 Å². The third-order valence-corrected chi connectivity index (χ3v) is 10.3. The average Bonchev–Trinajstić information content (AvgIpc) is 3.15. The normalized spacial score (nSPS) is 14.3. The van der Waals surface area contributed by atoms with Crippen molar-refractivity contribution in [2.45, 2.75) is 138 Å². The third kappa shape index (κ3) is 20.0. The van der Waals surface area contributed by atoms with E-state index in [9.17, 15) is 43.5 Å². The van der Waals surface area contributed by atoms with E-state index in [4.69, 9.17) is 0 Å². The average molecular weight is 836 g/mol. The van der Waals surface area contributed by atoms with Crippen molar-refractivity contribution in [2.24, 2.45) is 23.7 Å². The fourth-order valence-corrected chi connectivity index (χ4v) is 6.23. The summed E-state index contributed by atoms with van der Waals surface area (Å²) in [4.78, 5) is 112. The molecule has 5 unspecified atom stereocenters. The molecule has 0 spiro atoms. The van der Waals surface area contributed by atoms with E-state index in [1.54, 1.807) is 20.9 Å². The molecule has 7 amide bonds. The molecular formula is C43H77N7O9. The number of hydrogen-bond acceptors (Lipinski definition) is 9. The van der Waals surface area contributed by atoms with E-state index in [-0.39, 0.29) is 49.0 Å². The van der Waals surface area contributed by atoms with Gasteiger partial charge in [0.1, 0.15) is 24.4 Å². The van der Waals surface area contributed by atoms with Crippen LogP contribution in [-0.2, 0) is 38.4 Å². The molecule has 59 heavy (non-hydrogen) atoms. The molecule has 0 aromatic heterocycles. The smallest absolute Gasteiger partial charge is 0.245 e. The first-order chi connectivity index (χ1) is 27.2. The van der Waals surface area contributed by atoms with Gasteiger partial charge in [-0.1, -0.05) is 60.6 Å². The zero-order valence-corrected chi connectivity index (χ0v) is 38.7. The van der Waals surface area contributed by atoms with Gasteiger partial charge in [0.15, 0.2) is 0 Å². The molecular weight excluding hydrogens is 759 g/mol. The highest BCUT2D eigenvalue weighted by molar-refractivity contribution is 5.94. The van der Waals surface area contributed by atoms with Gasteiger partial charge in [-0.2, -0.15) is 0 Å². The first-order valence-electron chi connectivity index (χ1n) is 20.8. The van der Waals surface area contributed by atoms with Crippen LogP contribution in [0.2, 0.25) is 0 Å². The maximum absolute atomic E-state index is 13.8. The summed E-state index contributed by atoms with van der Waals surface area (Å²) in [6.07, 6.45) is 6.59. The second-order valence-electron chi connectivity index (χ2n) is 17.9. The lowest BCUT2D eigenvalue weighted by atomic mass is 9.96. The Labute approximate surface area is 353 Å². The van der Waals surface area contributed by atoms with Crippen LogP contribution in [0.5, 0.6) is 0 Å². The minimum Gasteiger partial charge on any atom is -0.390 e. The van der Waals surface area contributed by atoms with Crippen molar-refractivity contribution in [3.63, 3.8) is 0 Å². The highest BCUT2D eigenvalue weighted by Gasteiger charge is 2.36. The fraction of sp³-hybridized carbons (Fsp3) is 0.767. The number of carbonyl (C=O) groups is 8. The summed E-state index contributed by atoms with van der Waals surface area (Å²) in [5.41, 5.74) is -1.35. The zero-order valence-electron chi connectivity index (χ0n) is 38.7. The van der Waals surface area contributed by atoms with E-state index in [1.807, 2.05) is 53.7 Å². The van der Waals surface area contributed by atoms with Crippen LogP contribution in [0.15, 0.2) is 12.2 Å². The lowest BCUT2D eigenvalue weighted by Gasteiger charge is -2.34. The van der Waals surface area contributed by atoms with E-state index < -0.39 is 72.4 Å². The quantitative estimate of drug-likeness (QED) is 0.0867. The Morgan fingerprint density at radius 3 is 1.68 bits per heavy atom. The molecule has 0 bridgehead atoms. The molecule has 338 valence electrons. The standard InChI is InChI=1S/C43H77N7O9/c1-16-17-18-31(8)22-33(48(13)39(55)26-47(12)42(58)34(21-29(4)5)49(14)36(52)20-19-28(2)3)40(56)44-24-37(53)46(11)25-38(54)50(15)35(23-43(9,10)59)41(57)45-32(27-51)30(6)7/h16-17,27-35,59H,18-26H2,1-15H3,(H,44,56)(H,45,57)/b17-16+. The molecule has 0 aliphatic rings. The predicted octanol–water partition coefficient (Wildman–Crippen LogP) is 2.48. The van der Waals surface area contributed by atoms with Crippen molar-refractivity contribution in [2.75, 3.05) is 54.9 Å². The number of rotatable bonds is 26. The maximum Gasteiger partial charge on any atom is 0.245 e. The van der Waals surface area contributed by atoms with E-state index in [0.29, 0.717) is 37.9 Å². The third-order valence-electron chi connectivity index (χ3n) is 10.3. The SMILES string of the molecule is C/C=C/CC(C)CC(C(=O)NCC(=O)N(C)CC(=O)N(C)C(CC(C)(C)O)C(=O)NC(C=O)C(C)C)N(C)C(=O)CN(C)C(=O)C(CC(C)C)N(C)C(=O)CCC(C)C. The Bertz CT molecular complexity index is 1440. The maximum atomic E-state index is 13.8. The summed E-state index contributed by atoms with van der Waals surface area (Å²) in [5.74, 6) is -3.35. The Morgan fingerprint density at radius 1 is 0.678 bits per heavy atom. The van der Waals surface area contributed by atoms with Gasteiger partial charge < -0.3 is 45.0 Å². The van der Waals surface area contributed by atoms with Crippen LogP contribution >= 0.6 is 0 Å². The number of aliphatic hydroxyl groups is 1. The van der Waals surface area contributed by atoms with Crippen LogP contribution < -0.4 is 10.6 Å². The summed E-state index contributed by atoms with van der Waals surface area (Å²) < 4.78 is 0. The van der Waals surface area contributed by atoms with Crippen molar-refractivity contribution in [3.8, 4) is 0 Å². The van der Waals surface area contributed by atoms with Gasteiger partial charge in [-0.3, -0.25) is 33.6 Å². The molecule has 0 aromatic rings. The molecule has 0 saturated carbocycles. The highest BCUT2D eigenvalue weighted by Crippen LogP contribution is 2.19. The number of amides is 7. The van der Waals surface area contributed by atoms with Gasteiger partial charge in [-0.25, -0.2) is 0 Å². The number of aldehydes is 1. The van der Waals surface area contributed by atoms with Gasteiger partial charge in [0, 0.05) is 48.1 Å². The number of likely N-dealkylation sites (N-methyl/N-ethyl adjacent to an activating group) is 5. The van der Waals surface area contributed by atoms with E-state index in [0.717, 1.165) is 9.80 Å². The summed E-state index contributed by atoms with van der Waals surface area (Å²) in [7, 11) is 7.33. The van der Waals surface area contributed by atoms with Crippen LogP contribution in [0.4, 0.5) is 0 Å². The van der Waals surface area contributed by atoms with Crippen LogP contribution in [-0.4, -0.2) is 162 Å². The number of hydrogen-bond donors (Lipinski definition) is 3. The first kappa shape index (κ1) is 54.7. The Hall–Kier alpha value is -4.34. The lowest BCUT2D eigenvalue weighted by Crippen LogP contribution is -2.56. The molecule has 0 fully saturated rings. The minimum atomic E-state index is -1.35. The lowest BCUT2D eigenvalue weighted by molar-refractivity contribution is -0.148. The molecule has 16 nitrogen and oxygen atoms in total. The molecule has 0 saturated heterocycles. The highest BCUT2D eigenvalue weighted by atomic mass is 16.3. The van der Waals surface area contributed by atoms with Gasteiger partial charge in [0.2, 0.25) is 41.4 Å². The Balaban J connectivity index is 6.01. The van der Waals surface area contributed by atoms with Crippen LogP contribution in [0, 0.1) is 23.7 Å². The van der Waals surface area contributed by atoms with Gasteiger partial charge in [0.05, 0.1) is 31.3 Å². The van der Waals surface area contributed by atoms with Crippen molar-refractivity contribution >= 4 is 47.6 Å². The number of nitrogens with one attached hydrogen (secondary N) is 2. The molecule has 16 heteroatoms. The topological polar surface area (TPSA) is 197 Å². The molecule has 0 radical (unpaired) electrons. The van der Waals surface area contributed by atoms with Crippen LogP contribution in [0.1, 0.15) is 108 Å². The van der Waals surface area contributed by atoms with Crippen molar-refractivity contribution in [1.82, 2.24) is 35.1 Å². The minimum absolute atomic E-state index is 0.0413.